The summed E-state index contributed by atoms with van der Waals surface area (Å²) in [4.78, 5) is 7.24. The van der Waals surface area contributed by atoms with Gasteiger partial charge < -0.3 is 9.47 Å². The maximum absolute atomic E-state index is 13.4. The molecule has 1 atom stereocenters. The fraction of sp³-hybridized carbons (Fsp3) is 0.321. The summed E-state index contributed by atoms with van der Waals surface area (Å²) in [6.07, 6.45) is 11.3. The zero-order valence-electron chi connectivity index (χ0n) is 19.0. The van der Waals surface area contributed by atoms with E-state index in [-0.39, 0.29) is 5.82 Å². The Morgan fingerprint density at radius 2 is 1.94 bits per heavy atom. The van der Waals surface area contributed by atoms with Crippen LogP contribution in [0.15, 0.2) is 67.1 Å². The van der Waals surface area contributed by atoms with Crippen LogP contribution in [0.4, 0.5) is 10.1 Å². The van der Waals surface area contributed by atoms with Gasteiger partial charge in [-0.2, -0.15) is 0 Å². The van der Waals surface area contributed by atoms with Crippen LogP contribution in [0.1, 0.15) is 38.2 Å². The van der Waals surface area contributed by atoms with E-state index in [1.54, 1.807) is 0 Å². The lowest BCUT2D eigenvalue weighted by Gasteiger charge is -2.21. The average Bonchev–Trinajstić information content (AvgIpc) is 3.57. The van der Waals surface area contributed by atoms with E-state index in [0.717, 1.165) is 41.7 Å². The van der Waals surface area contributed by atoms with Gasteiger partial charge in [0.15, 0.2) is 5.82 Å². The molecule has 4 heterocycles. The molecule has 4 nitrogen and oxygen atoms in total. The molecule has 1 fully saturated rings. The van der Waals surface area contributed by atoms with Crippen LogP contribution >= 0.6 is 0 Å². The number of fused-ring (bicyclic) bond motifs is 5. The fourth-order valence-corrected chi connectivity index (χ4v) is 5.43. The van der Waals surface area contributed by atoms with Crippen LogP contribution in [0.5, 0.6) is 0 Å². The van der Waals surface area contributed by atoms with Crippen molar-refractivity contribution >= 4 is 5.69 Å². The molecule has 33 heavy (non-hydrogen) atoms. The summed E-state index contributed by atoms with van der Waals surface area (Å²) in [5.74, 6) is 1.55. The largest absolute Gasteiger partial charge is 0.371 e. The Hall–Kier alpha value is -3.34. The number of benzene rings is 2. The summed E-state index contributed by atoms with van der Waals surface area (Å²) in [7, 11) is 0. The molecule has 1 unspecified atom stereocenters. The van der Waals surface area contributed by atoms with Crippen molar-refractivity contribution in [2.75, 3.05) is 18.0 Å². The molecule has 4 aromatic rings. The molecule has 0 amide bonds. The van der Waals surface area contributed by atoms with Crippen molar-refractivity contribution in [1.29, 1.82) is 0 Å². The third-order valence-electron chi connectivity index (χ3n) is 7.22. The van der Waals surface area contributed by atoms with Crippen molar-refractivity contribution in [2.24, 2.45) is 5.92 Å². The molecule has 0 radical (unpaired) electrons. The molecule has 0 bridgehead atoms. The quantitative estimate of drug-likeness (QED) is 0.311. The van der Waals surface area contributed by atoms with Crippen LogP contribution in [0.2, 0.25) is 0 Å². The minimum atomic E-state index is -0.213. The zero-order chi connectivity index (χ0) is 22.4. The SMILES string of the molecule is CCCCC1CCN(c2ccc3c(c2)Cn2cc(-c4ccc(F)cc4)cc2-c2nccn2-3)C1. The first kappa shape index (κ1) is 20.3. The Morgan fingerprint density at radius 3 is 2.79 bits per heavy atom. The predicted molar refractivity (Wildman–Crippen MR) is 131 cm³/mol. The Kier molecular flexibility index (Phi) is 5.05. The van der Waals surface area contributed by atoms with E-state index < -0.39 is 0 Å². The van der Waals surface area contributed by atoms with Gasteiger partial charge in [-0.15, -0.1) is 0 Å². The number of rotatable bonds is 5. The molecule has 2 aliphatic heterocycles. The molecule has 0 spiro atoms. The van der Waals surface area contributed by atoms with Gasteiger partial charge in [0.05, 0.1) is 11.4 Å². The molecule has 0 saturated carbocycles. The van der Waals surface area contributed by atoms with E-state index in [0.29, 0.717) is 0 Å². The standard InChI is InChI=1S/C28H29FN4/c1-2-3-4-20-11-13-31(17-20)25-9-10-26-23(15-25)19-32-18-22(21-5-7-24(29)8-6-21)16-27(32)28-30-12-14-33(26)28/h5-10,12,14-16,18,20H,2-4,11,13,17,19H2,1H3. The summed E-state index contributed by atoms with van der Waals surface area (Å²) in [6, 6.07) is 15.8. The second-order valence-electron chi connectivity index (χ2n) is 9.43. The summed E-state index contributed by atoms with van der Waals surface area (Å²) in [5.41, 5.74) is 6.99. The first-order chi connectivity index (χ1) is 16.2. The third kappa shape index (κ3) is 3.65. The van der Waals surface area contributed by atoms with E-state index in [1.165, 1.54) is 61.3 Å². The van der Waals surface area contributed by atoms with E-state index in [2.05, 4.69) is 56.4 Å². The second kappa shape index (κ2) is 8.22. The molecule has 6 rings (SSSR count). The highest BCUT2D eigenvalue weighted by Gasteiger charge is 2.25. The van der Waals surface area contributed by atoms with Crippen LogP contribution in [0, 0.1) is 11.7 Å². The number of halogens is 1. The van der Waals surface area contributed by atoms with E-state index in [9.17, 15) is 4.39 Å². The first-order valence-corrected chi connectivity index (χ1v) is 12.1. The number of nitrogens with zero attached hydrogens (tertiary/aromatic N) is 4. The zero-order valence-corrected chi connectivity index (χ0v) is 19.0. The molecule has 1 saturated heterocycles. The Bertz CT molecular complexity index is 1280. The smallest absolute Gasteiger partial charge is 0.161 e. The lowest BCUT2D eigenvalue weighted by molar-refractivity contribution is 0.510. The third-order valence-corrected chi connectivity index (χ3v) is 7.22. The molecular weight excluding hydrogens is 411 g/mol. The first-order valence-electron chi connectivity index (χ1n) is 12.1. The summed E-state index contributed by atoms with van der Waals surface area (Å²) < 4.78 is 17.9. The highest BCUT2D eigenvalue weighted by molar-refractivity contribution is 5.72. The van der Waals surface area contributed by atoms with Crippen LogP contribution < -0.4 is 4.90 Å². The van der Waals surface area contributed by atoms with Crippen LogP contribution in [-0.2, 0) is 6.54 Å². The fourth-order valence-electron chi connectivity index (χ4n) is 5.43. The van der Waals surface area contributed by atoms with Crippen LogP contribution in [-0.4, -0.2) is 27.2 Å². The molecule has 5 heteroatoms. The number of hydrogen-bond acceptors (Lipinski definition) is 2. The van der Waals surface area contributed by atoms with Crippen molar-refractivity contribution < 1.29 is 4.39 Å². The number of imidazole rings is 1. The van der Waals surface area contributed by atoms with Gasteiger partial charge in [-0.3, -0.25) is 4.57 Å². The Morgan fingerprint density at radius 1 is 1.06 bits per heavy atom. The number of anilines is 1. The van der Waals surface area contributed by atoms with Crippen molar-refractivity contribution in [3.8, 4) is 28.3 Å². The molecule has 2 aliphatic rings. The highest BCUT2D eigenvalue weighted by Crippen LogP contribution is 2.36. The Labute approximate surface area is 194 Å². The minimum Gasteiger partial charge on any atom is -0.371 e. The lowest BCUT2D eigenvalue weighted by atomic mass is 10.0. The van der Waals surface area contributed by atoms with Crippen molar-refractivity contribution in [3.05, 3.63) is 78.5 Å². The topological polar surface area (TPSA) is 26.0 Å². The van der Waals surface area contributed by atoms with Gasteiger partial charge in [0.25, 0.3) is 0 Å². The van der Waals surface area contributed by atoms with Crippen molar-refractivity contribution in [2.45, 2.75) is 39.2 Å². The van der Waals surface area contributed by atoms with Gasteiger partial charge >= 0.3 is 0 Å². The monoisotopic (exact) mass is 440 g/mol. The minimum absolute atomic E-state index is 0.213. The maximum atomic E-state index is 13.4. The summed E-state index contributed by atoms with van der Waals surface area (Å²) in [5, 5.41) is 0. The normalized spacial score (nSPS) is 16.9. The molecule has 0 N–H and O–H groups in total. The van der Waals surface area contributed by atoms with Crippen LogP contribution in [0.3, 0.4) is 0 Å². The molecule has 168 valence electrons. The Balaban J connectivity index is 1.36. The maximum Gasteiger partial charge on any atom is 0.161 e. The van der Waals surface area contributed by atoms with Gasteiger partial charge in [-0.1, -0.05) is 31.9 Å². The van der Waals surface area contributed by atoms with E-state index in [4.69, 9.17) is 0 Å². The van der Waals surface area contributed by atoms with E-state index >= 15 is 0 Å². The van der Waals surface area contributed by atoms with Gasteiger partial charge in [0, 0.05) is 49.5 Å². The predicted octanol–water partition coefficient (Wildman–Crippen LogP) is 6.53. The highest BCUT2D eigenvalue weighted by atomic mass is 19.1. The number of aromatic nitrogens is 3. The van der Waals surface area contributed by atoms with Crippen molar-refractivity contribution in [3.63, 3.8) is 0 Å². The van der Waals surface area contributed by atoms with Gasteiger partial charge in [-0.05, 0) is 66.3 Å². The van der Waals surface area contributed by atoms with Crippen molar-refractivity contribution in [1.82, 2.24) is 14.1 Å². The van der Waals surface area contributed by atoms with Crippen LogP contribution in [0.25, 0.3) is 28.3 Å². The molecular formula is C28H29FN4. The summed E-state index contributed by atoms with van der Waals surface area (Å²) in [6.45, 7) is 5.38. The molecule has 0 aliphatic carbocycles. The molecule has 2 aromatic heterocycles. The number of hydrogen-bond donors (Lipinski definition) is 0. The van der Waals surface area contributed by atoms with Gasteiger partial charge in [-0.25, -0.2) is 9.37 Å². The number of unbranched alkanes of at least 4 members (excludes halogenated alkanes) is 1. The average molecular weight is 441 g/mol. The molecule has 2 aromatic carbocycles. The van der Waals surface area contributed by atoms with Gasteiger partial charge in [0.2, 0.25) is 0 Å². The lowest BCUT2D eigenvalue weighted by Crippen LogP contribution is -2.20. The van der Waals surface area contributed by atoms with Gasteiger partial charge in [0.1, 0.15) is 5.82 Å². The van der Waals surface area contributed by atoms with E-state index in [1.807, 2.05) is 24.5 Å². The second-order valence-corrected chi connectivity index (χ2v) is 9.43. The summed E-state index contributed by atoms with van der Waals surface area (Å²) >= 11 is 0.